The van der Waals surface area contributed by atoms with Crippen molar-refractivity contribution in [2.24, 2.45) is 0 Å². The van der Waals surface area contributed by atoms with Crippen molar-refractivity contribution in [2.45, 2.75) is 64.5 Å². The van der Waals surface area contributed by atoms with E-state index in [4.69, 9.17) is 5.10 Å². The van der Waals surface area contributed by atoms with Gasteiger partial charge in [0, 0.05) is 6.20 Å². The summed E-state index contributed by atoms with van der Waals surface area (Å²) >= 11 is 0. The third-order valence-electron chi connectivity index (χ3n) is 3.42. The fraction of sp³-hybridized carbons (Fsp3) is 0.769. The van der Waals surface area contributed by atoms with Gasteiger partial charge in [0.25, 0.3) is 0 Å². The van der Waals surface area contributed by atoms with Crippen molar-refractivity contribution < 1.29 is 5.11 Å². The van der Waals surface area contributed by atoms with Gasteiger partial charge in [-0.25, -0.2) is 0 Å². The maximum absolute atomic E-state index is 9.33. The average Bonchev–Trinajstić information content (AvgIpc) is 2.57. The molecule has 0 amide bonds. The van der Waals surface area contributed by atoms with Gasteiger partial charge in [-0.05, 0) is 30.2 Å². The molecule has 90 valence electrons. The minimum absolute atomic E-state index is 0.112. The minimum atomic E-state index is -0.112. The highest BCUT2D eigenvalue weighted by atomic mass is 16.3. The zero-order valence-electron chi connectivity index (χ0n) is 10.6. The molecule has 0 bridgehead atoms. The Balaban J connectivity index is 2.24. The Kier molecular flexibility index (Phi) is 3.06. The maximum Gasteiger partial charge on any atom is 0.0684 e. The lowest BCUT2D eigenvalue weighted by atomic mass is 9.90. The summed E-state index contributed by atoms with van der Waals surface area (Å²) in [7, 11) is 0. The van der Waals surface area contributed by atoms with Crippen molar-refractivity contribution in [3.63, 3.8) is 0 Å². The van der Waals surface area contributed by atoms with E-state index >= 15 is 0 Å². The quantitative estimate of drug-likeness (QED) is 0.854. The Hall–Kier alpha value is -0.830. The summed E-state index contributed by atoms with van der Waals surface area (Å²) in [6, 6.07) is 0.417. The molecule has 1 aliphatic rings. The molecule has 1 aromatic rings. The van der Waals surface area contributed by atoms with E-state index in [1.54, 1.807) is 0 Å². The van der Waals surface area contributed by atoms with Crippen LogP contribution in [0, 0.1) is 0 Å². The van der Waals surface area contributed by atoms with Gasteiger partial charge in [0.05, 0.1) is 17.8 Å². The molecule has 3 heteroatoms. The molecule has 1 fully saturated rings. The van der Waals surface area contributed by atoms with Gasteiger partial charge < -0.3 is 5.11 Å². The van der Waals surface area contributed by atoms with E-state index in [1.807, 2.05) is 0 Å². The van der Waals surface area contributed by atoms with Crippen LogP contribution in [0.5, 0.6) is 0 Å². The molecule has 0 radical (unpaired) electrons. The SMILES string of the molecule is CC(C)c1cn(C2CC(O)C2)nc1C(C)C. The molecule has 1 aliphatic carbocycles. The van der Waals surface area contributed by atoms with E-state index in [2.05, 4.69) is 38.6 Å². The number of aromatic nitrogens is 2. The van der Waals surface area contributed by atoms with Crippen LogP contribution in [0.1, 0.15) is 69.7 Å². The van der Waals surface area contributed by atoms with E-state index in [0.717, 1.165) is 12.8 Å². The number of hydrogen-bond acceptors (Lipinski definition) is 2. The second kappa shape index (κ2) is 4.21. The number of rotatable bonds is 3. The van der Waals surface area contributed by atoms with Gasteiger partial charge in [0.2, 0.25) is 0 Å². The summed E-state index contributed by atoms with van der Waals surface area (Å²) in [4.78, 5) is 0. The lowest BCUT2D eigenvalue weighted by Crippen LogP contribution is -2.31. The van der Waals surface area contributed by atoms with Crippen LogP contribution in [0.25, 0.3) is 0 Å². The average molecular weight is 222 g/mol. The fourth-order valence-electron chi connectivity index (χ4n) is 2.28. The number of nitrogens with zero attached hydrogens (tertiary/aromatic N) is 2. The van der Waals surface area contributed by atoms with Crippen molar-refractivity contribution >= 4 is 0 Å². The minimum Gasteiger partial charge on any atom is -0.393 e. The third kappa shape index (κ3) is 2.01. The highest BCUT2D eigenvalue weighted by Crippen LogP contribution is 2.34. The van der Waals surface area contributed by atoms with Crippen LogP contribution in [-0.2, 0) is 0 Å². The molecule has 0 aliphatic heterocycles. The van der Waals surface area contributed by atoms with Gasteiger partial charge in [-0.3, -0.25) is 4.68 Å². The van der Waals surface area contributed by atoms with Crippen molar-refractivity contribution in [1.82, 2.24) is 9.78 Å². The lowest BCUT2D eigenvalue weighted by molar-refractivity contribution is 0.0432. The van der Waals surface area contributed by atoms with E-state index in [0.29, 0.717) is 17.9 Å². The van der Waals surface area contributed by atoms with E-state index < -0.39 is 0 Å². The third-order valence-corrected chi connectivity index (χ3v) is 3.42. The molecule has 0 saturated heterocycles. The second-order valence-electron chi connectivity index (χ2n) is 5.54. The largest absolute Gasteiger partial charge is 0.393 e. The molecule has 3 nitrogen and oxygen atoms in total. The summed E-state index contributed by atoms with van der Waals surface area (Å²) in [5.41, 5.74) is 2.58. The summed E-state index contributed by atoms with van der Waals surface area (Å²) in [5, 5.41) is 14.0. The second-order valence-corrected chi connectivity index (χ2v) is 5.54. The summed E-state index contributed by atoms with van der Waals surface area (Å²) in [5.74, 6) is 1.000. The molecule has 2 rings (SSSR count). The molecule has 0 spiro atoms. The first-order valence-corrected chi connectivity index (χ1v) is 6.26. The van der Waals surface area contributed by atoms with Crippen molar-refractivity contribution in [3.05, 3.63) is 17.5 Å². The summed E-state index contributed by atoms with van der Waals surface area (Å²) in [6.45, 7) is 8.80. The van der Waals surface area contributed by atoms with Gasteiger partial charge in [-0.1, -0.05) is 27.7 Å². The Morgan fingerprint density at radius 2 is 1.88 bits per heavy atom. The van der Waals surface area contributed by atoms with Crippen molar-refractivity contribution in [1.29, 1.82) is 0 Å². The van der Waals surface area contributed by atoms with Crippen LogP contribution in [0.15, 0.2) is 6.20 Å². The van der Waals surface area contributed by atoms with Crippen LogP contribution in [0.2, 0.25) is 0 Å². The van der Waals surface area contributed by atoms with Crippen LogP contribution < -0.4 is 0 Å². The van der Waals surface area contributed by atoms with Gasteiger partial charge in [0.15, 0.2) is 0 Å². The van der Waals surface area contributed by atoms with Crippen molar-refractivity contribution in [3.8, 4) is 0 Å². The molecule has 1 N–H and O–H groups in total. The zero-order chi connectivity index (χ0) is 11.9. The predicted molar refractivity (Wildman–Crippen MR) is 64.7 cm³/mol. The van der Waals surface area contributed by atoms with Gasteiger partial charge >= 0.3 is 0 Å². The monoisotopic (exact) mass is 222 g/mol. The Morgan fingerprint density at radius 1 is 1.25 bits per heavy atom. The predicted octanol–water partition coefficient (Wildman–Crippen LogP) is 2.83. The number of aliphatic hydroxyl groups excluding tert-OH is 1. The van der Waals surface area contributed by atoms with Crippen molar-refractivity contribution in [2.75, 3.05) is 0 Å². The van der Waals surface area contributed by atoms with E-state index in [1.165, 1.54) is 11.3 Å². The van der Waals surface area contributed by atoms with Crippen LogP contribution >= 0.6 is 0 Å². The molecule has 0 unspecified atom stereocenters. The highest BCUT2D eigenvalue weighted by molar-refractivity contribution is 5.24. The van der Waals surface area contributed by atoms with Crippen LogP contribution in [0.4, 0.5) is 0 Å². The highest BCUT2D eigenvalue weighted by Gasteiger charge is 2.30. The molecule has 16 heavy (non-hydrogen) atoms. The molecule has 0 aromatic carbocycles. The molecule has 0 atom stereocenters. The summed E-state index contributed by atoms with van der Waals surface area (Å²) < 4.78 is 2.07. The molecular formula is C13H22N2O. The Bertz CT molecular complexity index is 337. The standard InChI is InChI=1S/C13H22N2O/c1-8(2)12-7-15(10-5-11(16)6-10)14-13(12)9(3)4/h7-11,16H,5-6H2,1-4H3. The molecule has 1 aromatic heterocycles. The fourth-order valence-corrected chi connectivity index (χ4v) is 2.28. The van der Waals surface area contributed by atoms with Gasteiger partial charge in [0.1, 0.15) is 0 Å². The Morgan fingerprint density at radius 3 is 2.25 bits per heavy atom. The maximum atomic E-state index is 9.33. The first kappa shape index (κ1) is 11.6. The molecule has 1 heterocycles. The topological polar surface area (TPSA) is 38.0 Å². The first-order chi connectivity index (χ1) is 7.49. The normalized spacial score (nSPS) is 25.2. The number of hydrogen-bond donors (Lipinski definition) is 1. The molecule has 1 saturated carbocycles. The van der Waals surface area contributed by atoms with E-state index in [-0.39, 0.29) is 6.10 Å². The zero-order valence-corrected chi connectivity index (χ0v) is 10.6. The van der Waals surface area contributed by atoms with Gasteiger partial charge in [-0.15, -0.1) is 0 Å². The first-order valence-electron chi connectivity index (χ1n) is 6.26. The molecular weight excluding hydrogens is 200 g/mol. The summed E-state index contributed by atoms with van der Waals surface area (Å²) in [6.07, 6.45) is 3.78. The van der Waals surface area contributed by atoms with Crippen LogP contribution in [0.3, 0.4) is 0 Å². The lowest BCUT2D eigenvalue weighted by Gasteiger charge is -2.31. The van der Waals surface area contributed by atoms with E-state index in [9.17, 15) is 5.11 Å². The van der Waals surface area contributed by atoms with Gasteiger partial charge in [-0.2, -0.15) is 5.10 Å². The van der Waals surface area contributed by atoms with Crippen LogP contribution in [-0.4, -0.2) is 21.0 Å². The number of aliphatic hydroxyl groups is 1. The Labute approximate surface area is 97.5 Å². The smallest absolute Gasteiger partial charge is 0.0684 e.